The van der Waals surface area contributed by atoms with Gasteiger partial charge in [0.1, 0.15) is 5.75 Å². The van der Waals surface area contributed by atoms with Crippen molar-refractivity contribution in [3.05, 3.63) is 29.3 Å². The third-order valence-electron chi connectivity index (χ3n) is 3.71. The molecule has 0 saturated heterocycles. The molecule has 1 aromatic rings. The van der Waals surface area contributed by atoms with E-state index in [1.54, 1.807) is 32.0 Å². The number of aliphatic imine (C=N–C) groups is 1. The Hall–Kier alpha value is -1.28. The summed E-state index contributed by atoms with van der Waals surface area (Å²) in [6, 6.07) is 5.02. The Balaban J connectivity index is 0.00000841. The molecule has 1 aromatic carbocycles. The second kappa shape index (κ2) is 13.9. The molecule has 174 valence electrons. The average Bonchev–Trinajstić information content (AvgIpc) is 2.64. The number of aryl methyl sites for hydroxylation is 1. The van der Waals surface area contributed by atoms with Crippen molar-refractivity contribution in [3.8, 4) is 5.75 Å². The normalized spacial score (nSPS) is 12.3. The van der Waals surface area contributed by atoms with Crippen LogP contribution in [0.25, 0.3) is 0 Å². The van der Waals surface area contributed by atoms with Crippen LogP contribution in [0.1, 0.15) is 31.4 Å². The topological polar surface area (TPSA) is 91.8 Å². The summed E-state index contributed by atoms with van der Waals surface area (Å²) in [5, 5.41) is 6.10. The molecule has 0 unspecified atom stereocenters. The van der Waals surface area contributed by atoms with Crippen molar-refractivity contribution in [2.24, 2.45) is 4.99 Å². The van der Waals surface area contributed by atoms with Gasteiger partial charge in [-0.3, -0.25) is 0 Å². The maximum atomic E-state index is 12.5. The minimum Gasteiger partial charge on any atom is -0.484 e. The fraction of sp³-hybridized carbons (Fsp3) is 0.611. The van der Waals surface area contributed by atoms with Crippen LogP contribution in [-0.4, -0.2) is 52.5 Å². The molecule has 0 aliphatic rings. The summed E-state index contributed by atoms with van der Waals surface area (Å²) in [5.74, 6) is 0.656. The Labute approximate surface area is 193 Å². The van der Waals surface area contributed by atoms with Gasteiger partial charge >= 0.3 is 6.18 Å². The molecule has 3 N–H and O–H groups in total. The number of hydrogen-bond donors (Lipinski definition) is 3. The molecule has 1 rings (SSSR count). The van der Waals surface area contributed by atoms with Gasteiger partial charge in [0.15, 0.2) is 12.6 Å². The number of sulfonamides is 1. The zero-order chi connectivity index (χ0) is 21.9. The second-order valence-corrected chi connectivity index (χ2v) is 8.38. The van der Waals surface area contributed by atoms with E-state index in [-0.39, 0.29) is 42.0 Å². The molecule has 30 heavy (non-hydrogen) atoms. The summed E-state index contributed by atoms with van der Waals surface area (Å²) < 4.78 is 67.6. The van der Waals surface area contributed by atoms with E-state index in [1.165, 1.54) is 0 Å². The number of benzene rings is 1. The third kappa shape index (κ3) is 12.4. The Bertz CT molecular complexity index is 774. The van der Waals surface area contributed by atoms with Gasteiger partial charge in [0.2, 0.25) is 10.0 Å². The van der Waals surface area contributed by atoms with Crippen LogP contribution >= 0.6 is 24.0 Å². The van der Waals surface area contributed by atoms with Crippen molar-refractivity contribution in [3.63, 3.8) is 0 Å². The fourth-order valence-corrected chi connectivity index (χ4v) is 2.88. The van der Waals surface area contributed by atoms with Gasteiger partial charge in [0.05, 0.1) is 12.3 Å². The smallest absolute Gasteiger partial charge is 0.422 e. The highest BCUT2D eigenvalue weighted by Crippen LogP contribution is 2.24. The summed E-state index contributed by atoms with van der Waals surface area (Å²) in [4.78, 5) is 4.38. The number of alkyl halides is 3. The molecule has 0 radical (unpaired) electrons. The molecule has 0 aliphatic heterocycles. The molecule has 0 bridgehead atoms. The van der Waals surface area contributed by atoms with Gasteiger partial charge in [-0.1, -0.05) is 12.1 Å². The lowest BCUT2D eigenvalue weighted by Crippen LogP contribution is -2.38. The van der Waals surface area contributed by atoms with Crippen LogP contribution in [0.5, 0.6) is 5.75 Å². The first-order chi connectivity index (χ1) is 13.6. The van der Waals surface area contributed by atoms with Crippen molar-refractivity contribution in [2.45, 2.75) is 39.9 Å². The summed E-state index contributed by atoms with van der Waals surface area (Å²) in [7, 11) is -3.22. The number of nitrogens with one attached hydrogen (secondary N) is 3. The SMILES string of the molecule is CCNC(=NCc1ccc(C)cc1OCC(F)(F)F)NCCCNS(=O)(=O)CC.I. The number of hydrogen-bond acceptors (Lipinski definition) is 4. The molecule has 0 atom stereocenters. The van der Waals surface area contributed by atoms with Gasteiger partial charge in [-0.15, -0.1) is 24.0 Å². The van der Waals surface area contributed by atoms with E-state index in [0.717, 1.165) is 5.56 Å². The molecule has 7 nitrogen and oxygen atoms in total. The first kappa shape index (κ1) is 28.7. The number of rotatable bonds is 11. The molecule has 0 aliphatic carbocycles. The first-order valence-electron chi connectivity index (χ1n) is 9.35. The highest BCUT2D eigenvalue weighted by molar-refractivity contribution is 14.0. The zero-order valence-electron chi connectivity index (χ0n) is 17.3. The number of guanidine groups is 1. The quantitative estimate of drug-likeness (QED) is 0.166. The van der Waals surface area contributed by atoms with Crippen LogP contribution in [0.3, 0.4) is 0 Å². The predicted molar refractivity (Wildman–Crippen MR) is 123 cm³/mol. The minimum atomic E-state index is -4.42. The predicted octanol–water partition coefficient (Wildman–Crippen LogP) is 2.94. The lowest BCUT2D eigenvalue weighted by Gasteiger charge is -2.14. The molecule has 0 saturated carbocycles. The standard InChI is InChI=1S/C18H29F3N4O3S.HI/c1-4-22-17(23-9-6-10-25-29(26,27)5-2)24-12-15-8-7-14(3)11-16(15)28-13-18(19,20)21;/h7-8,11,25H,4-6,9-10,12-13H2,1-3H3,(H2,22,23,24);1H. The summed E-state index contributed by atoms with van der Waals surface area (Å²) in [6.07, 6.45) is -3.87. The van der Waals surface area contributed by atoms with Crippen LogP contribution in [0.2, 0.25) is 0 Å². The van der Waals surface area contributed by atoms with Crippen molar-refractivity contribution in [2.75, 3.05) is 32.0 Å². The average molecular weight is 566 g/mol. The van der Waals surface area contributed by atoms with E-state index >= 15 is 0 Å². The maximum absolute atomic E-state index is 12.5. The number of halogens is 4. The van der Waals surface area contributed by atoms with Gasteiger partial charge in [0.25, 0.3) is 0 Å². The maximum Gasteiger partial charge on any atom is 0.422 e. The molecule has 0 amide bonds. The number of ether oxygens (including phenoxy) is 1. The van der Waals surface area contributed by atoms with Crippen molar-refractivity contribution >= 4 is 40.0 Å². The van der Waals surface area contributed by atoms with Crippen molar-refractivity contribution in [1.29, 1.82) is 0 Å². The summed E-state index contributed by atoms with van der Waals surface area (Å²) in [6.45, 7) is 5.36. The zero-order valence-corrected chi connectivity index (χ0v) is 20.5. The monoisotopic (exact) mass is 566 g/mol. The highest BCUT2D eigenvalue weighted by Gasteiger charge is 2.28. The van der Waals surface area contributed by atoms with Crippen LogP contribution in [0.4, 0.5) is 13.2 Å². The van der Waals surface area contributed by atoms with E-state index in [0.29, 0.717) is 37.6 Å². The van der Waals surface area contributed by atoms with E-state index < -0.39 is 22.8 Å². The van der Waals surface area contributed by atoms with E-state index in [9.17, 15) is 21.6 Å². The molecular weight excluding hydrogens is 536 g/mol. The second-order valence-electron chi connectivity index (χ2n) is 6.29. The molecule has 12 heteroatoms. The van der Waals surface area contributed by atoms with Crippen LogP contribution in [0.15, 0.2) is 23.2 Å². The van der Waals surface area contributed by atoms with Crippen molar-refractivity contribution in [1.82, 2.24) is 15.4 Å². The van der Waals surface area contributed by atoms with E-state index in [1.807, 2.05) is 6.92 Å². The highest BCUT2D eigenvalue weighted by atomic mass is 127. The lowest BCUT2D eigenvalue weighted by molar-refractivity contribution is -0.153. The van der Waals surface area contributed by atoms with Crippen LogP contribution in [0, 0.1) is 6.92 Å². The van der Waals surface area contributed by atoms with Gasteiger partial charge in [-0.2, -0.15) is 13.2 Å². The Morgan fingerprint density at radius 2 is 1.87 bits per heavy atom. The van der Waals surface area contributed by atoms with Gasteiger partial charge in [-0.25, -0.2) is 18.1 Å². The van der Waals surface area contributed by atoms with E-state index in [4.69, 9.17) is 4.74 Å². The first-order valence-corrected chi connectivity index (χ1v) is 11.0. The minimum absolute atomic E-state index is 0. The van der Waals surface area contributed by atoms with E-state index in [2.05, 4.69) is 20.3 Å². The Morgan fingerprint density at radius 1 is 1.17 bits per heavy atom. The van der Waals surface area contributed by atoms with Gasteiger partial charge in [-0.05, 0) is 38.8 Å². The van der Waals surface area contributed by atoms with Gasteiger partial charge < -0.3 is 15.4 Å². The molecule has 0 fully saturated rings. The third-order valence-corrected chi connectivity index (χ3v) is 5.12. The molecule has 0 aromatic heterocycles. The van der Waals surface area contributed by atoms with Crippen LogP contribution < -0.4 is 20.1 Å². The van der Waals surface area contributed by atoms with Crippen molar-refractivity contribution < 1.29 is 26.3 Å². The largest absolute Gasteiger partial charge is 0.484 e. The Morgan fingerprint density at radius 3 is 2.47 bits per heavy atom. The lowest BCUT2D eigenvalue weighted by atomic mass is 10.1. The molecule has 0 heterocycles. The Kier molecular flexibility index (Phi) is 13.3. The summed E-state index contributed by atoms with van der Waals surface area (Å²) >= 11 is 0. The van der Waals surface area contributed by atoms with Gasteiger partial charge in [0, 0.05) is 25.2 Å². The molecular formula is C18H30F3IN4O3S. The summed E-state index contributed by atoms with van der Waals surface area (Å²) in [5.41, 5.74) is 1.32. The van der Waals surface area contributed by atoms with Crippen LogP contribution in [-0.2, 0) is 16.6 Å². The number of nitrogens with zero attached hydrogens (tertiary/aromatic N) is 1. The fourth-order valence-electron chi connectivity index (χ4n) is 2.22. The molecule has 0 spiro atoms.